The van der Waals surface area contributed by atoms with Crippen molar-refractivity contribution in [1.82, 2.24) is 20.4 Å². The first-order chi connectivity index (χ1) is 10.7. The molecule has 0 atom stereocenters. The Labute approximate surface area is 160 Å². The third kappa shape index (κ3) is 9.52. The summed E-state index contributed by atoms with van der Waals surface area (Å²) in [6, 6.07) is 0.533. The van der Waals surface area contributed by atoms with E-state index in [0.717, 1.165) is 45.2 Å². The van der Waals surface area contributed by atoms with Crippen molar-refractivity contribution in [3.05, 3.63) is 12.7 Å². The Balaban J connectivity index is 0.00000484. The van der Waals surface area contributed by atoms with Gasteiger partial charge in [0, 0.05) is 45.8 Å². The molecule has 1 aliphatic rings. The lowest BCUT2D eigenvalue weighted by Crippen LogP contribution is -2.49. The topological polar surface area (TPSA) is 42.9 Å². The molecule has 6 heteroatoms. The van der Waals surface area contributed by atoms with Crippen molar-refractivity contribution in [3.8, 4) is 0 Å². The molecule has 1 rings (SSSR count). The number of likely N-dealkylation sites (N-methyl/N-ethyl adjacent to an activating group) is 1. The normalized spacial score (nSPS) is 17.0. The van der Waals surface area contributed by atoms with E-state index in [1.54, 1.807) is 0 Å². The summed E-state index contributed by atoms with van der Waals surface area (Å²) >= 11 is 0. The molecule has 1 aliphatic heterocycles. The molecular formula is C17H36IN5. The molecule has 5 nitrogen and oxygen atoms in total. The summed E-state index contributed by atoms with van der Waals surface area (Å²) < 4.78 is 0. The van der Waals surface area contributed by atoms with Crippen molar-refractivity contribution in [2.45, 2.75) is 39.2 Å². The first kappa shape index (κ1) is 22.7. The average Bonchev–Trinajstić information content (AvgIpc) is 2.55. The van der Waals surface area contributed by atoms with Gasteiger partial charge in [0.05, 0.1) is 0 Å². The Morgan fingerprint density at radius 1 is 1.30 bits per heavy atom. The molecule has 136 valence electrons. The van der Waals surface area contributed by atoms with Crippen LogP contribution in [0, 0.1) is 0 Å². The lowest BCUT2D eigenvalue weighted by atomic mass is 10.1. The molecule has 0 aliphatic carbocycles. The van der Waals surface area contributed by atoms with Gasteiger partial charge in [-0.25, -0.2) is 0 Å². The number of likely N-dealkylation sites (tertiary alicyclic amines) is 1. The Bertz CT molecular complexity index is 327. The van der Waals surface area contributed by atoms with Gasteiger partial charge >= 0.3 is 0 Å². The maximum atomic E-state index is 4.35. The summed E-state index contributed by atoms with van der Waals surface area (Å²) in [5, 5.41) is 7.00. The van der Waals surface area contributed by atoms with E-state index in [2.05, 4.69) is 45.9 Å². The molecule has 0 amide bonds. The Morgan fingerprint density at radius 2 is 2.00 bits per heavy atom. The van der Waals surface area contributed by atoms with Crippen LogP contribution in [0.2, 0.25) is 0 Å². The summed E-state index contributed by atoms with van der Waals surface area (Å²) in [7, 11) is 1.85. The number of piperidine rings is 1. The van der Waals surface area contributed by atoms with Crippen LogP contribution in [0.4, 0.5) is 0 Å². The van der Waals surface area contributed by atoms with Crippen molar-refractivity contribution < 1.29 is 0 Å². The molecule has 1 fully saturated rings. The molecule has 0 aromatic heterocycles. The van der Waals surface area contributed by atoms with E-state index in [-0.39, 0.29) is 24.0 Å². The number of nitrogens with one attached hydrogen (secondary N) is 2. The van der Waals surface area contributed by atoms with Gasteiger partial charge in [-0.15, -0.1) is 30.6 Å². The van der Waals surface area contributed by atoms with Crippen LogP contribution in [0.1, 0.15) is 33.1 Å². The molecule has 0 aromatic carbocycles. The minimum Gasteiger partial charge on any atom is -0.355 e. The standard InChI is InChI=1S/C17H35N5.HI/c1-5-11-21(7-3)15-10-19-17(18-4)20-16-8-13-22(12-6-2)14-9-16;/h6,16H,2,5,7-15H2,1,3-4H3,(H2,18,19,20);1H. The molecule has 2 N–H and O–H groups in total. The van der Waals surface area contributed by atoms with Gasteiger partial charge in [-0.1, -0.05) is 19.9 Å². The minimum atomic E-state index is 0. The van der Waals surface area contributed by atoms with E-state index in [9.17, 15) is 0 Å². The fourth-order valence-electron chi connectivity index (χ4n) is 2.91. The Kier molecular flexibility index (Phi) is 13.8. The molecule has 1 saturated heterocycles. The second-order valence-corrected chi connectivity index (χ2v) is 5.94. The number of guanidine groups is 1. The summed E-state index contributed by atoms with van der Waals surface area (Å²) in [4.78, 5) is 9.27. The third-order valence-electron chi connectivity index (χ3n) is 4.25. The van der Waals surface area contributed by atoms with Crippen LogP contribution in [-0.4, -0.2) is 74.7 Å². The molecule has 0 spiro atoms. The Hall–Kier alpha value is -0.340. The zero-order valence-electron chi connectivity index (χ0n) is 15.2. The van der Waals surface area contributed by atoms with Gasteiger partial charge in [-0.05, 0) is 32.4 Å². The quantitative estimate of drug-likeness (QED) is 0.251. The van der Waals surface area contributed by atoms with Crippen LogP contribution in [-0.2, 0) is 0 Å². The van der Waals surface area contributed by atoms with Gasteiger partial charge in [-0.2, -0.15) is 0 Å². The average molecular weight is 437 g/mol. The number of halogens is 1. The highest BCUT2D eigenvalue weighted by Gasteiger charge is 2.18. The zero-order valence-corrected chi connectivity index (χ0v) is 17.5. The van der Waals surface area contributed by atoms with Crippen LogP contribution in [0.3, 0.4) is 0 Å². The number of hydrogen-bond acceptors (Lipinski definition) is 3. The Morgan fingerprint density at radius 3 is 2.52 bits per heavy atom. The number of nitrogens with zero attached hydrogens (tertiary/aromatic N) is 3. The van der Waals surface area contributed by atoms with Crippen LogP contribution in [0.5, 0.6) is 0 Å². The predicted molar refractivity (Wildman–Crippen MR) is 112 cm³/mol. The molecule has 0 unspecified atom stereocenters. The summed E-state index contributed by atoms with van der Waals surface area (Å²) in [5.41, 5.74) is 0. The van der Waals surface area contributed by atoms with Gasteiger partial charge < -0.3 is 15.5 Å². The molecule has 0 aromatic rings. The second kappa shape index (κ2) is 14.0. The molecule has 0 bridgehead atoms. The lowest BCUT2D eigenvalue weighted by molar-refractivity contribution is 0.225. The highest BCUT2D eigenvalue weighted by Crippen LogP contribution is 2.09. The van der Waals surface area contributed by atoms with Crippen molar-refractivity contribution in [3.63, 3.8) is 0 Å². The summed E-state index contributed by atoms with van der Waals surface area (Å²) in [6.07, 6.45) is 5.55. The largest absolute Gasteiger partial charge is 0.355 e. The van der Waals surface area contributed by atoms with Crippen LogP contribution in [0.25, 0.3) is 0 Å². The van der Waals surface area contributed by atoms with Gasteiger partial charge in [0.2, 0.25) is 0 Å². The van der Waals surface area contributed by atoms with E-state index < -0.39 is 0 Å². The van der Waals surface area contributed by atoms with E-state index in [4.69, 9.17) is 0 Å². The molecule has 1 heterocycles. The highest BCUT2D eigenvalue weighted by atomic mass is 127. The number of aliphatic imine (C=N–C) groups is 1. The lowest BCUT2D eigenvalue weighted by Gasteiger charge is -2.32. The first-order valence-electron chi connectivity index (χ1n) is 8.76. The van der Waals surface area contributed by atoms with E-state index in [0.29, 0.717) is 6.04 Å². The molecule has 0 saturated carbocycles. The van der Waals surface area contributed by atoms with Crippen LogP contribution >= 0.6 is 24.0 Å². The third-order valence-corrected chi connectivity index (χ3v) is 4.25. The highest BCUT2D eigenvalue weighted by molar-refractivity contribution is 14.0. The molecular weight excluding hydrogens is 401 g/mol. The van der Waals surface area contributed by atoms with Crippen molar-refractivity contribution in [2.75, 3.05) is 52.9 Å². The van der Waals surface area contributed by atoms with E-state index >= 15 is 0 Å². The monoisotopic (exact) mass is 437 g/mol. The minimum absolute atomic E-state index is 0. The second-order valence-electron chi connectivity index (χ2n) is 5.94. The van der Waals surface area contributed by atoms with Crippen LogP contribution in [0.15, 0.2) is 17.6 Å². The molecule has 0 radical (unpaired) electrons. The smallest absolute Gasteiger partial charge is 0.191 e. The SMILES string of the molecule is C=CCN1CCC(NC(=NC)NCCN(CC)CCC)CC1.I. The maximum Gasteiger partial charge on any atom is 0.191 e. The van der Waals surface area contributed by atoms with Gasteiger partial charge in [0.1, 0.15) is 0 Å². The van der Waals surface area contributed by atoms with Crippen molar-refractivity contribution >= 4 is 29.9 Å². The fourth-order valence-corrected chi connectivity index (χ4v) is 2.91. The zero-order chi connectivity index (χ0) is 16.2. The fraction of sp³-hybridized carbons (Fsp3) is 0.824. The first-order valence-corrected chi connectivity index (χ1v) is 8.76. The molecule has 23 heavy (non-hydrogen) atoms. The van der Waals surface area contributed by atoms with E-state index in [1.807, 2.05) is 13.1 Å². The van der Waals surface area contributed by atoms with Gasteiger partial charge in [-0.3, -0.25) is 9.89 Å². The summed E-state index contributed by atoms with van der Waals surface area (Å²) in [6.45, 7) is 15.9. The summed E-state index contributed by atoms with van der Waals surface area (Å²) in [5.74, 6) is 0.940. The van der Waals surface area contributed by atoms with Crippen LogP contribution < -0.4 is 10.6 Å². The van der Waals surface area contributed by atoms with Crippen molar-refractivity contribution in [2.24, 2.45) is 4.99 Å². The predicted octanol–water partition coefficient (Wildman–Crippen LogP) is 2.15. The van der Waals surface area contributed by atoms with E-state index in [1.165, 1.54) is 25.8 Å². The number of rotatable bonds is 9. The number of hydrogen-bond donors (Lipinski definition) is 2. The van der Waals surface area contributed by atoms with Gasteiger partial charge in [0.15, 0.2) is 5.96 Å². The van der Waals surface area contributed by atoms with Crippen molar-refractivity contribution in [1.29, 1.82) is 0 Å². The maximum absolute atomic E-state index is 4.35. The van der Waals surface area contributed by atoms with Gasteiger partial charge in [0.25, 0.3) is 0 Å².